The molecule has 0 aromatic heterocycles. The Morgan fingerprint density at radius 1 is 1.38 bits per heavy atom. The molecular weight excluding hydrogens is 172 g/mol. The van der Waals surface area contributed by atoms with Gasteiger partial charge in [0.05, 0.1) is 7.11 Å². The number of ketones is 1. The molecule has 0 saturated carbocycles. The van der Waals surface area contributed by atoms with Gasteiger partial charge in [-0.25, -0.2) is 0 Å². The lowest BCUT2D eigenvalue weighted by Crippen LogP contribution is -2.25. The Kier molecular flexibility index (Phi) is 3.89. The van der Waals surface area contributed by atoms with Crippen LogP contribution in [0.2, 0.25) is 0 Å². The molecule has 4 nitrogen and oxygen atoms in total. The van der Waals surface area contributed by atoms with Crippen molar-refractivity contribution in [2.75, 3.05) is 20.3 Å². The summed E-state index contributed by atoms with van der Waals surface area (Å²) >= 11 is 0. The van der Waals surface area contributed by atoms with E-state index in [1.165, 1.54) is 7.11 Å². The van der Waals surface area contributed by atoms with Crippen LogP contribution in [0, 0.1) is 5.92 Å². The zero-order valence-corrected chi connectivity index (χ0v) is 7.75. The number of rotatable bonds is 3. The predicted molar refractivity (Wildman–Crippen MR) is 45.2 cm³/mol. The average Bonchev–Trinajstić information content (AvgIpc) is 2.19. The summed E-state index contributed by atoms with van der Waals surface area (Å²) in [6.07, 6.45) is 1.37. The van der Waals surface area contributed by atoms with E-state index in [2.05, 4.69) is 4.74 Å². The monoisotopic (exact) mass is 186 g/mol. The van der Waals surface area contributed by atoms with Gasteiger partial charge in [0.25, 0.3) is 0 Å². The zero-order valence-electron chi connectivity index (χ0n) is 7.75. The third-order valence-electron chi connectivity index (χ3n) is 2.22. The maximum atomic E-state index is 11.4. The van der Waals surface area contributed by atoms with Crippen LogP contribution in [0.4, 0.5) is 0 Å². The highest BCUT2D eigenvalue weighted by Gasteiger charge is 2.23. The molecule has 1 aliphatic rings. The second-order valence-electron chi connectivity index (χ2n) is 3.11. The van der Waals surface area contributed by atoms with Crippen molar-refractivity contribution in [2.45, 2.75) is 19.3 Å². The molecule has 74 valence electrons. The van der Waals surface area contributed by atoms with E-state index in [1.54, 1.807) is 0 Å². The van der Waals surface area contributed by atoms with Gasteiger partial charge in [0.1, 0.15) is 12.2 Å². The second kappa shape index (κ2) is 4.97. The van der Waals surface area contributed by atoms with Crippen molar-refractivity contribution >= 4 is 11.8 Å². The largest absolute Gasteiger partial charge is 0.469 e. The van der Waals surface area contributed by atoms with Crippen LogP contribution in [0.3, 0.4) is 0 Å². The van der Waals surface area contributed by atoms with E-state index in [0.29, 0.717) is 13.2 Å². The topological polar surface area (TPSA) is 52.6 Å². The zero-order chi connectivity index (χ0) is 9.68. The molecule has 1 aliphatic heterocycles. The van der Waals surface area contributed by atoms with Gasteiger partial charge in [0.2, 0.25) is 0 Å². The Bertz CT molecular complexity index is 194. The summed E-state index contributed by atoms with van der Waals surface area (Å²) in [6, 6.07) is 0. The van der Waals surface area contributed by atoms with Crippen molar-refractivity contribution in [1.82, 2.24) is 0 Å². The number of carbonyl (C=O) groups is 2. The van der Waals surface area contributed by atoms with Gasteiger partial charge in [-0.15, -0.1) is 0 Å². The van der Waals surface area contributed by atoms with Gasteiger partial charge in [-0.2, -0.15) is 0 Å². The normalized spacial score (nSPS) is 18.2. The summed E-state index contributed by atoms with van der Waals surface area (Å²) in [5.41, 5.74) is 0. The van der Waals surface area contributed by atoms with E-state index in [0.717, 1.165) is 12.8 Å². The van der Waals surface area contributed by atoms with Gasteiger partial charge in [-0.3, -0.25) is 9.59 Å². The Hall–Kier alpha value is -0.900. The highest BCUT2D eigenvalue weighted by Crippen LogP contribution is 2.17. The van der Waals surface area contributed by atoms with Gasteiger partial charge in [0, 0.05) is 19.1 Å². The first-order valence-electron chi connectivity index (χ1n) is 4.41. The Balaban J connectivity index is 2.33. The summed E-state index contributed by atoms with van der Waals surface area (Å²) in [7, 11) is 1.29. The first kappa shape index (κ1) is 10.2. The van der Waals surface area contributed by atoms with Crippen LogP contribution >= 0.6 is 0 Å². The van der Waals surface area contributed by atoms with Crippen molar-refractivity contribution in [3.63, 3.8) is 0 Å². The molecule has 0 radical (unpaired) electrons. The van der Waals surface area contributed by atoms with Crippen LogP contribution < -0.4 is 0 Å². The lowest BCUT2D eigenvalue weighted by Gasteiger charge is -2.20. The number of methoxy groups -OCH3 is 1. The van der Waals surface area contributed by atoms with Crippen molar-refractivity contribution in [3.05, 3.63) is 0 Å². The predicted octanol–water partition coefficient (Wildman–Crippen LogP) is 0.545. The molecular formula is C9H14O4. The minimum atomic E-state index is -0.448. The third-order valence-corrected chi connectivity index (χ3v) is 2.22. The highest BCUT2D eigenvalue weighted by atomic mass is 16.5. The molecule has 1 saturated heterocycles. The van der Waals surface area contributed by atoms with E-state index in [4.69, 9.17) is 4.74 Å². The number of ether oxygens (including phenoxy) is 2. The first-order valence-corrected chi connectivity index (χ1v) is 4.41. The minimum absolute atomic E-state index is 0.00662. The van der Waals surface area contributed by atoms with Gasteiger partial charge in [0.15, 0.2) is 0 Å². The molecule has 4 heteroatoms. The number of hydrogen-bond acceptors (Lipinski definition) is 4. The standard InChI is InChI=1S/C9H14O4/c1-12-9(11)6-8(10)7-2-4-13-5-3-7/h7H,2-6H2,1H3. The number of carbonyl (C=O) groups excluding carboxylic acids is 2. The lowest BCUT2D eigenvalue weighted by molar-refractivity contribution is -0.144. The van der Waals surface area contributed by atoms with Crippen molar-refractivity contribution in [3.8, 4) is 0 Å². The van der Waals surface area contributed by atoms with E-state index < -0.39 is 5.97 Å². The molecule has 0 N–H and O–H groups in total. The second-order valence-corrected chi connectivity index (χ2v) is 3.11. The Morgan fingerprint density at radius 2 is 2.00 bits per heavy atom. The average molecular weight is 186 g/mol. The smallest absolute Gasteiger partial charge is 0.313 e. The SMILES string of the molecule is COC(=O)CC(=O)C1CCOCC1. The summed E-state index contributed by atoms with van der Waals surface area (Å²) < 4.78 is 9.53. The van der Waals surface area contributed by atoms with Crippen LogP contribution in [-0.2, 0) is 19.1 Å². The first-order chi connectivity index (χ1) is 6.24. The lowest BCUT2D eigenvalue weighted by atomic mass is 9.94. The van der Waals surface area contributed by atoms with Crippen LogP contribution in [0.5, 0.6) is 0 Å². The fourth-order valence-corrected chi connectivity index (χ4v) is 1.38. The molecule has 0 bridgehead atoms. The van der Waals surface area contributed by atoms with Crippen LogP contribution in [0.1, 0.15) is 19.3 Å². The number of Topliss-reactive ketones (excluding diaryl/α,β-unsaturated/α-hetero) is 1. The fourth-order valence-electron chi connectivity index (χ4n) is 1.38. The van der Waals surface area contributed by atoms with Gasteiger partial charge < -0.3 is 9.47 Å². The Morgan fingerprint density at radius 3 is 2.54 bits per heavy atom. The van der Waals surface area contributed by atoms with Crippen molar-refractivity contribution in [1.29, 1.82) is 0 Å². The highest BCUT2D eigenvalue weighted by molar-refractivity contribution is 5.96. The van der Waals surface area contributed by atoms with E-state index in [-0.39, 0.29) is 18.1 Å². The molecule has 1 heterocycles. The maximum Gasteiger partial charge on any atom is 0.313 e. The molecule has 1 rings (SSSR count). The molecule has 0 amide bonds. The molecule has 0 aliphatic carbocycles. The summed E-state index contributed by atoms with van der Waals surface area (Å²) in [6.45, 7) is 1.25. The summed E-state index contributed by atoms with van der Waals surface area (Å²) in [4.78, 5) is 22.2. The van der Waals surface area contributed by atoms with Crippen LogP contribution in [-0.4, -0.2) is 32.1 Å². The van der Waals surface area contributed by atoms with Gasteiger partial charge >= 0.3 is 5.97 Å². The van der Waals surface area contributed by atoms with Crippen LogP contribution in [0.15, 0.2) is 0 Å². The molecule has 1 fully saturated rings. The van der Waals surface area contributed by atoms with E-state index >= 15 is 0 Å². The fraction of sp³-hybridized carbons (Fsp3) is 0.778. The maximum absolute atomic E-state index is 11.4. The molecule has 0 spiro atoms. The van der Waals surface area contributed by atoms with Gasteiger partial charge in [-0.05, 0) is 12.8 Å². The quantitative estimate of drug-likeness (QED) is 0.477. The molecule has 0 atom stereocenters. The van der Waals surface area contributed by atoms with Crippen molar-refractivity contribution in [2.24, 2.45) is 5.92 Å². The minimum Gasteiger partial charge on any atom is -0.469 e. The molecule has 0 aromatic carbocycles. The van der Waals surface area contributed by atoms with Crippen molar-refractivity contribution < 1.29 is 19.1 Å². The van der Waals surface area contributed by atoms with E-state index in [1.807, 2.05) is 0 Å². The molecule has 0 unspecified atom stereocenters. The third kappa shape index (κ3) is 3.14. The Labute approximate surface area is 77.2 Å². The molecule has 0 aromatic rings. The number of hydrogen-bond donors (Lipinski definition) is 0. The number of esters is 1. The van der Waals surface area contributed by atoms with Crippen LogP contribution in [0.25, 0.3) is 0 Å². The summed E-state index contributed by atoms with van der Waals surface area (Å²) in [5.74, 6) is -0.473. The van der Waals surface area contributed by atoms with Gasteiger partial charge in [-0.1, -0.05) is 0 Å². The molecule has 13 heavy (non-hydrogen) atoms. The summed E-state index contributed by atoms with van der Waals surface area (Å²) in [5, 5.41) is 0. The van der Waals surface area contributed by atoms with E-state index in [9.17, 15) is 9.59 Å².